The topological polar surface area (TPSA) is 49.7 Å². The van der Waals surface area contributed by atoms with Crippen LogP contribution in [0, 0.1) is 0 Å². The van der Waals surface area contributed by atoms with Crippen LogP contribution in [0.15, 0.2) is 63.9 Å². The van der Waals surface area contributed by atoms with Gasteiger partial charge in [-0.15, -0.1) is 4.40 Å². The van der Waals surface area contributed by atoms with Gasteiger partial charge in [0.15, 0.2) is 0 Å². The minimum absolute atomic E-state index is 0.150. The number of hydrogen-bond acceptors (Lipinski definition) is 2. The van der Waals surface area contributed by atoms with E-state index in [-0.39, 0.29) is 4.90 Å². The van der Waals surface area contributed by atoms with Crippen molar-refractivity contribution in [2.75, 3.05) is 13.1 Å². The summed E-state index contributed by atoms with van der Waals surface area (Å²) in [6.07, 6.45) is 3.27. The van der Waals surface area contributed by atoms with E-state index in [0.717, 1.165) is 31.5 Å². The molecule has 0 amide bonds. The summed E-state index contributed by atoms with van der Waals surface area (Å²) >= 11 is 5.85. The van der Waals surface area contributed by atoms with Crippen LogP contribution in [-0.2, 0) is 10.0 Å². The highest BCUT2D eigenvalue weighted by Gasteiger charge is 2.21. The Balaban J connectivity index is 2.03. The maximum atomic E-state index is 12.7. The fourth-order valence-electron chi connectivity index (χ4n) is 2.76. The van der Waals surface area contributed by atoms with E-state index in [2.05, 4.69) is 9.30 Å². The molecule has 0 unspecified atom stereocenters. The van der Waals surface area contributed by atoms with E-state index < -0.39 is 10.0 Å². The molecule has 0 N–H and O–H groups in total. The van der Waals surface area contributed by atoms with Gasteiger partial charge in [-0.25, -0.2) is 0 Å². The SMILES string of the molecule is O=S(=O)(/N=C(/c1ccccc1)N1CCCCC1)c1ccc(Cl)cc1. The Kier molecular flexibility index (Phi) is 5.21. The Bertz CT molecular complexity index is 812. The molecule has 1 heterocycles. The first-order valence-electron chi connectivity index (χ1n) is 7.97. The molecule has 2 aromatic carbocycles. The molecule has 6 heteroatoms. The van der Waals surface area contributed by atoms with E-state index in [4.69, 9.17) is 11.6 Å². The molecule has 1 saturated heterocycles. The van der Waals surface area contributed by atoms with Gasteiger partial charge in [0.1, 0.15) is 5.84 Å². The number of amidine groups is 1. The third kappa shape index (κ3) is 3.97. The van der Waals surface area contributed by atoms with Crippen LogP contribution in [0.3, 0.4) is 0 Å². The second-order valence-corrected chi connectivity index (χ2v) is 7.80. The molecule has 1 aliphatic rings. The lowest BCUT2D eigenvalue weighted by atomic mass is 10.1. The van der Waals surface area contributed by atoms with Crippen molar-refractivity contribution in [3.8, 4) is 0 Å². The van der Waals surface area contributed by atoms with E-state index in [9.17, 15) is 8.42 Å². The average Bonchev–Trinajstić information content (AvgIpc) is 2.62. The van der Waals surface area contributed by atoms with Crippen LogP contribution in [0.2, 0.25) is 5.02 Å². The highest BCUT2D eigenvalue weighted by atomic mass is 35.5. The van der Waals surface area contributed by atoms with Crippen LogP contribution in [0.4, 0.5) is 0 Å². The zero-order chi connectivity index (χ0) is 17.0. The molecule has 0 radical (unpaired) electrons. The fourth-order valence-corrected chi connectivity index (χ4v) is 3.92. The predicted molar refractivity (Wildman–Crippen MR) is 97.0 cm³/mol. The van der Waals surface area contributed by atoms with Gasteiger partial charge in [0.2, 0.25) is 0 Å². The summed E-state index contributed by atoms with van der Waals surface area (Å²) in [6, 6.07) is 15.6. The molecule has 1 aliphatic heterocycles. The maximum Gasteiger partial charge on any atom is 0.284 e. The summed E-state index contributed by atoms with van der Waals surface area (Å²) in [6.45, 7) is 1.65. The first-order chi connectivity index (χ1) is 11.6. The number of hydrogen-bond donors (Lipinski definition) is 0. The molecule has 0 atom stereocenters. The van der Waals surface area contributed by atoms with Gasteiger partial charge in [0.05, 0.1) is 4.90 Å². The molecule has 0 saturated carbocycles. The zero-order valence-corrected chi connectivity index (χ0v) is 14.8. The molecule has 3 rings (SSSR count). The Morgan fingerprint density at radius 2 is 1.54 bits per heavy atom. The lowest BCUT2D eigenvalue weighted by Crippen LogP contribution is -2.36. The van der Waals surface area contributed by atoms with E-state index in [1.165, 1.54) is 18.6 Å². The van der Waals surface area contributed by atoms with Crippen LogP contribution < -0.4 is 0 Å². The number of likely N-dealkylation sites (tertiary alicyclic amines) is 1. The molecule has 0 spiro atoms. The Labute approximate surface area is 147 Å². The lowest BCUT2D eigenvalue weighted by Gasteiger charge is -2.29. The molecule has 24 heavy (non-hydrogen) atoms. The van der Waals surface area contributed by atoms with Gasteiger partial charge < -0.3 is 4.90 Å². The number of sulfonamides is 1. The van der Waals surface area contributed by atoms with Crippen molar-refractivity contribution in [1.82, 2.24) is 4.90 Å². The molecular weight excluding hydrogens is 344 g/mol. The number of benzene rings is 2. The Morgan fingerprint density at radius 1 is 0.917 bits per heavy atom. The van der Waals surface area contributed by atoms with E-state index >= 15 is 0 Å². The standard InChI is InChI=1S/C18H19ClN2O2S/c19-16-9-11-17(12-10-16)24(22,23)20-18(15-7-3-1-4-8-15)21-13-5-2-6-14-21/h1,3-4,7-12H,2,5-6,13-14H2/b20-18-. The van der Waals surface area contributed by atoms with Crippen LogP contribution in [-0.4, -0.2) is 32.2 Å². The maximum absolute atomic E-state index is 12.7. The molecule has 1 fully saturated rings. The van der Waals surface area contributed by atoms with Gasteiger partial charge in [-0.2, -0.15) is 8.42 Å². The quantitative estimate of drug-likeness (QED) is 0.613. The third-order valence-corrected chi connectivity index (χ3v) is 5.54. The largest absolute Gasteiger partial charge is 0.355 e. The number of nitrogens with zero attached hydrogens (tertiary/aromatic N) is 2. The van der Waals surface area contributed by atoms with Gasteiger partial charge in [-0.3, -0.25) is 0 Å². The summed E-state index contributed by atoms with van der Waals surface area (Å²) in [5.41, 5.74) is 0.817. The molecule has 2 aromatic rings. The van der Waals surface area contributed by atoms with Crippen LogP contribution >= 0.6 is 11.6 Å². The highest BCUT2D eigenvalue weighted by Crippen LogP contribution is 2.20. The summed E-state index contributed by atoms with van der Waals surface area (Å²) in [7, 11) is -3.79. The van der Waals surface area contributed by atoms with Crippen molar-refractivity contribution in [2.24, 2.45) is 4.40 Å². The van der Waals surface area contributed by atoms with Crippen molar-refractivity contribution < 1.29 is 8.42 Å². The smallest absolute Gasteiger partial charge is 0.284 e. The summed E-state index contributed by atoms with van der Waals surface area (Å²) in [4.78, 5) is 2.21. The molecule has 0 aliphatic carbocycles. The van der Waals surface area contributed by atoms with Crippen LogP contribution in [0.1, 0.15) is 24.8 Å². The first kappa shape index (κ1) is 17.0. The van der Waals surface area contributed by atoms with Gasteiger partial charge >= 0.3 is 0 Å². The van der Waals surface area contributed by atoms with Crippen molar-refractivity contribution in [3.05, 3.63) is 65.2 Å². The molecule has 0 bridgehead atoms. The monoisotopic (exact) mass is 362 g/mol. The minimum atomic E-state index is -3.79. The van der Waals surface area contributed by atoms with Gasteiger partial charge in [-0.05, 0) is 43.5 Å². The van der Waals surface area contributed by atoms with E-state index in [1.54, 1.807) is 12.1 Å². The highest BCUT2D eigenvalue weighted by molar-refractivity contribution is 7.90. The lowest BCUT2D eigenvalue weighted by molar-refractivity contribution is 0.343. The van der Waals surface area contributed by atoms with Crippen molar-refractivity contribution >= 4 is 27.5 Å². The van der Waals surface area contributed by atoms with Gasteiger partial charge in [0.25, 0.3) is 10.0 Å². The molecule has 4 nitrogen and oxygen atoms in total. The number of rotatable bonds is 3. The van der Waals surface area contributed by atoms with E-state index in [0.29, 0.717) is 10.9 Å². The van der Waals surface area contributed by atoms with Gasteiger partial charge in [0, 0.05) is 23.7 Å². The molecule has 0 aromatic heterocycles. The predicted octanol–water partition coefficient (Wildman–Crippen LogP) is 3.96. The van der Waals surface area contributed by atoms with Crippen LogP contribution in [0.5, 0.6) is 0 Å². The Morgan fingerprint density at radius 3 is 2.17 bits per heavy atom. The molecular formula is C18H19ClN2O2S. The summed E-state index contributed by atoms with van der Waals surface area (Å²) in [5, 5.41) is 0.497. The van der Waals surface area contributed by atoms with Crippen molar-refractivity contribution in [1.29, 1.82) is 0 Å². The first-order valence-corrected chi connectivity index (χ1v) is 9.79. The van der Waals surface area contributed by atoms with Crippen molar-refractivity contribution in [2.45, 2.75) is 24.2 Å². The zero-order valence-electron chi connectivity index (χ0n) is 13.2. The number of halogens is 1. The van der Waals surface area contributed by atoms with E-state index in [1.807, 2.05) is 30.3 Å². The average molecular weight is 363 g/mol. The van der Waals surface area contributed by atoms with Crippen LogP contribution in [0.25, 0.3) is 0 Å². The van der Waals surface area contributed by atoms with Crippen molar-refractivity contribution in [3.63, 3.8) is 0 Å². The second-order valence-electron chi connectivity index (χ2n) is 5.76. The third-order valence-electron chi connectivity index (χ3n) is 4.01. The molecule has 126 valence electrons. The normalized spacial score (nSPS) is 16.2. The second kappa shape index (κ2) is 7.36. The Hall–Kier alpha value is -1.85. The van der Waals surface area contributed by atoms with Gasteiger partial charge in [-0.1, -0.05) is 41.9 Å². The minimum Gasteiger partial charge on any atom is -0.355 e. The summed E-state index contributed by atoms with van der Waals surface area (Å²) < 4.78 is 29.6. The fraction of sp³-hybridized carbons (Fsp3) is 0.278. The number of piperidine rings is 1. The summed E-state index contributed by atoms with van der Waals surface area (Å²) in [5.74, 6) is 0.519.